The van der Waals surface area contributed by atoms with Crippen LogP contribution in [0.1, 0.15) is 44.9 Å². The van der Waals surface area contributed by atoms with E-state index in [2.05, 4.69) is 10.5 Å². The number of hydrazone groups is 1. The molecular formula is C17H17ClN2OS. The Kier molecular flexibility index (Phi) is 4.90. The quantitative estimate of drug-likeness (QED) is 0.504. The molecule has 0 bridgehead atoms. The van der Waals surface area contributed by atoms with Crippen molar-refractivity contribution < 1.29 is 4.79 Å². The van der Waals surface area contributed by atoms with Crippen LogP contribution in [0.4, 0.5) is 0 Å². The maximum Gasteiger partial charge on any atom is 0.281 e. The molecular weight excluding hydrogens is 316 g/mol. The zero-order chi connectivity index (χ0) is 15.4. The third-order valence-corrected chi connectivity index (χ3v) is 5.33. The lowest BCUT2D eigenvalue weighted by atomic mass is 10.1. The summed E-state index contributed by atoms with van der Waals surface area (Å²) in [6.45, 7) is 0. The van der Waals surface area contributed by atoms with Gasteiger partial charge >= 0.3 is 0 Å². The van der Waals surface area contributed by atoms with Crippen molar-refractivity contribution in [2.75, 3.05) is 0 Å². The van der Waals surface area contributed by atoms with E-state index in [1.807, 2.05) is 24.3 Å². The van der Waals surface area contributed by atoms with Crippen molar-refractivity contribution in [1.29, 1.82) is 0 Å². The minimum Gasteiger partial charge on any atom is -0.266 e. The molecule has 0 fully saturated rings. The highest BCUT2D eigenvalue weighted by atomic mass is 35.5. The number of hydrogen-bond acceptors (Lipinski definition) is 3. The summed E-state index contributed by atoms with van der Waals surface area (Å²) in [6.07, 6.45) is 7.47. The number of benzene rings is 1. The average molecular weight is 333 g/mol. The second-order valence-corrected chi connectivity index (χ2v) is 6.88. The van der Waals surface area contributed by atoms with E-state index in [0.29, 0.717) is 5.02 Å². The van der Waals surface area contributed by atoms with E-state index in [1.54, 1.807) is 23.6 Å². The van der Waals surface area contributed by atoms with E-state index in [0.717, 1.165) is 23.3 Å². The Morgan fingerprint density at radius 1 is 1.23 bits per heavy atom. The molecule has 0 saturated heterocycles. The first kappa shape index (κ1) is 15.3. The van der Waals surface area contributed by atoms with E-state index in [9.17, 15) is 4.79 Å². The van der Waals surface area contributed by atoms with Gasteiger partial charge in [0.1, 0.15) is 0 Å². The molecule has 5 heteroatoms. The van der Waals surface area contributed by atoms with Crippen LogP contribution in [-0.4, -0.2) is 12.1 Å². The van der Waals surface area contributed by atoms with Crippen molar-refractivity contribution in [3.05, 3.63) is 56.2 Å². The summed E-state index contributed by atoms with van der Waals surface area (Å²) in [4.78, 5) is 14.3. The molecule has 0 spiro atoms. The Bertz CT molecular complexity index is 685. The molecule has 0 saturated carbocycles. The molecule has 0 atom stereocenters. The molecule has 22 heavy (non-hydrogen) atoms. The molecule has 1 amide bonds. The SMILES string of the molecule is O=C(N/N=C\c1ccccc1Cl)c1cc2c(s1)CCCCC2. The first-order valence-corrected chi connectivity index (χ1v) is 8.63. The van der Waals surface area contributed by atoms with Crippen molar-refractivity contribution in [1.82, 2.24) is 5.43 Å². The summed E-state index contributed by atoms with van der Waals surface area (Å²) < 4.78 is 0. The van der Waals surface area contributed by atoms with Gasteiger partial charge in [0.2, 0.25) is 0 Å². The number of halogens is 1. The minimum absolute atomic E-state index is 0.152. The average Bonchev–Trinajstić information content (AvgIpc) is 2.80. The summed E-state index contributed by atoms with van der Waals surface area (Å²) >= 11 is 7.63. The van der Waals surface area contributed by atoms with Crippen molar-refractivity contribution in [2.45, 2.75) is 32.1 Å². The van der Waals surface area contributed by atoms with Crippen LogP contribution in [0.15, 0.2) is 35.4 Å². The van der Waals surface area contributed by atoms with E-state index < -0.39 is 0 Å². The maximum absolute atomic E-state index is 12.2. The fourth-order valence-corrected chi connectivity index (χ4v) is 3.90. The highest BCUT2D eigenvalue weighted by Crippen LogP contribution is 2.28. The predicted molar refractivity (Wildman–Crippen MR) is 92.1 cm³/mol. The molecule has 0 radical (unpaired) electrons. The van der Waals surface area contributed by atoms with Crippen molar-refractivity contribution in [2.24, 2.45) is 5.10 Å². The highest BCUT2D eigenvalue weighted by molar-refractivity contribution is 7.14. The number of fused-ring (bicyclic) bond motifs is 1. The number of thiophene rings is 1. The number of hydrogen-bond donors (Lipinski definition) is 1. The van der Waals surface area contributed by atoms with Gasteiger partial charge in [0, 0.05) is 15.5 Å². The van der Waals surface area contributed by atoms with Crippen LogP contribution in [0.25, 0.3) is 0 Å². The number of amides is 1. The van der Waals surface area contributed by atoms with Crippen molar-refractivity contribution in [3.8, 4) is 0 Å². The zero-order valence-electron chi connectivity index (χ0n) is 12.1. The summed E-state index contributed by atoms with van der Waals surface area (Å²) in [7, 11) is 0. The fourth-order valence-electron chi connectivity index (χ4n) is 2.57. The topological polar surface area (TPSA) is 41.5 Å². The van der Waals surface area contributed by atoms with Gasteiger partial charge in [-0.1, -0.05) is 36.2 Å². The Labute approximate surface area is 139 Å². The fraction of sp³-hybridized carbons (Fsp3) is 0.294. The summed E-state index contributed by atoms with van der Waals surface area (Å²) in [5.41, 5.74) is 4.70. The monoisotopic (exact) mass is 332 g/mol. The first-order chi connectivity index (χ1) is 10.7. The third kappa shape index (κ3) is 3.57. The molecule has 1 aromatic carbocycles. The normalized spacial score (nSPS) is 14.6. The largest absolute Gasteiger partial charge is 0.281 e. The lowest BCUT2D eigenvalue weighted by Crippen LogP contribution is -2.16. The summed E-state index contributed by atoms with van der Waals surface area (Å²) in [5, 5.41) is 4.62. The molecule has 1 N–H and O–H groups in total. The number of nitrogens with one attached hydrogen (secondary N) is 1. The molecule has 1 aliphatic carbocycles. The van der Waals surface area contributed by atoms with Crippen LogP contribution in [0.5, 0.6) is 0 Å². The summed E-state index contributed by atoms with van der Waals surface area (Å²) in [6, 6.07) is 9.40. The van der Waals surface area contributed by atoms with Gasteiger partial charge in [0.05, 0.1) is 11.1 Å². The Balaban J connectivity index is 1.66. The number of aryl methyl sites for hydroxylation is 2. The molecule has 0 aliphatic heterocycles. The Morgan fingerprint density at radius 2 is 2.05 bits per heavy atom. The van der Waals surface area contributed by atoms with Gasteiger partial charge in [0.15, 0.2) is 0 Å². The van der Waals surface area contributed by atoms with Crippen molar-refractivity contribution >= 4 is 35.1 Å². The smallest absolute Gasteiger partial charge is 0.266 e. The molecule has 3 nitrogen and oxygen atoms in total. The van der Waals surface area contributed by atoms with Crippen LogP contribution in [0, 0.1) is 0 Å². The van der Waals surface area contributed by atoms with Crippen LogP contribution in [0.2, 0.25) is 5.02 Å². The van der Waals surface area contributed by atoms with Crippen molar-refractivity contribution in [3.63, 3.8) is 0 Å². The molecule has 114 valence electrons. The Hall–Kier alpha value is -1.65. The second kappa shape index (κ2) is 7.07. The standard InChI is InChI=1S/C17H17ClN2OS/c18-14-8-5-4-7-13(14)11-19-20-17(21)16-10-12-6-2-1-3-9-15(12)22-16/h4-5,7-8,10-11H,1-3,6,9H2,(H,20,21)/b19-11-. The van der Waals surface area contributed by atoms with Gasteiger partial charge in [-0.05, 0) is 43.4 Å². The third-order valence-electron chi connectivity index (χ3n) is 3.75. The van der Waals surface area contributed by atoms with E-state index >= 15 is 0 Å². The molecule has 2 aromatic rings. The molecule has 3 rings (SSSR count). The number of carbonyl (C=O) groups is 1. The van der Waals surface area contributed by atoms with Gasteiger partial charge in [-0.25, -0.2) is 5.43 Å². The van der Waals surface area contributed by atoms with Gasteiger partial charge in [-0.2, -0.15) is 5.10 Å². The zero-order valence-corrected chi connectivity index (χ0v) is 13.7. The van der Waals surface area contributed by atoms with E-state index in [1.165, 1.54) is 29.7 Å². The predicted octanol–water partition coefficient (Wildman–Crippen LogP) is 4.43. The first-order valence-electron chi connectivity index (χ1n) is 7.43. The van der Waals surface area contributed by atoms with E-state index in [4.69, 9.17) is 11.6 Å². The van der Waals surface area contributed by atoms with Crippen LogP contribution < -0.4 is 5.43 Å². The van der Waals surface area contributed by atoms with Gasteiger partial charge in [-0.3, -0.25) is 4.79 Å². The molecule has 1 heterocycles. The van der Waals surface area contributed by atoms with E-state index in [-0.39, 0.29) is 5.91 Å². The lowest BCUT2D eigenvalue weighted by molar-refractivity contribution is 0.0959. The highest BCUT2D eigenvalue weighted by Gasteiger charge is 2.16. The lowest BCUT2D eigenvalue weighted by Gasteiger charge is -1.98. The van der Waals surface area contributed by atoms with Gasteiger partial charge < -0.3 is 0 Å². The Morgan fingerprint density at radius 3 is 2.91 bits per heavy atom. The second-order valence-electron chi connectivity index (χ2n) is 5.34. The van der Waals surface area contributed by atoms with Crippen LogP contribution in [-0.2, 0) is 12.8 Å². The number of rotatable bonds is 3. The molecule has 0 unspecified atom stereocenters. The van der Waals surface area contributed by atoms with Gasteiger partial charge in [0.25, 0.3) is 5.91 Å². The molecule has 1 aromatic heterocycles. The van der Waals surface area contributed by atoms with Crippen LogP contribution in [0.3, 0.4) is 0 Å². The number of carbonyl (C=O) groups excluding carboxylic acids is 1. The van der Waals surface area contributed by atoms with Crippen LogP contribution >= 0.6 is 22.9 Å². The maximum atomic E-state index is 12.2. The number of nitrogens with zero attached hydrogens (tertiary/aromatic N) is 1. The summed E-state index contributed by atoms with van der Waals surface area (Å²) in [5.74, 6) is -0.152. The minimum atomic E-state index is -0.152. The molecule has 1 aliphatic rings. The van der Waals surface area contributed by atoms with Gasteiger partial charge in [-0.15, -0.1) is 11.3 Å².